The Bertz CT molecular complexity index is 761. The van der Waals surface area contributed by atoms with Gasteiger partial charge >= 0.3 is 0 Å². The van der Waals surface area contributed by atoms with Crippen molar-refractivity contribution in [1.82, 2.24) is 24.9 Å². The number of nitrogens with one attached hydrogen (secondary N) is 1. The fourth-order valence-corrected chi connectivity index (χ4v) is 2.24. The van der Waals surface area contributed by atoms with E-state index < -0.39 is 0 Å². The second-order valence-electron chi connectivity index (χ2n) is 5.15. The molecule has 0 aromatic carbocycles. The van der Waals surface area contributed by atoms with E-state index in [-0.39, 0.29) is 11.9 Å². The number of fused-ring (bicyclic) bond motifs is 1. The van der Waals surface area contributed by atoms with E-state index in [0.717, 1.165) is 17.7 Å². The molecule has 0 saturated carbocycles. The largest absolute Gasteiger partial charge is 0.342 e. The third kappa shape index (κ3) is 2.81. The minimum atomic E-state index is -0.222. The van der Waals surface area contributed by atoms with Crippen LogP contribution in [0.5, 0.6) is 0 Å². The molecule has 6 heteroatoms. The normalized spacial score (nSPS) is 12.3. The Kier molecular flexibility index (Phi) is 3.82. The lowest BCUT2D eigenvalue weighted by molar-refractivity contribution is 0.0929. The number of nitrogens with zero attached hydrogens (tertiary/aromatic N) is 4. The van der Waals surface area contributed by atoms with E-state index in [2.05, 4.69) is 20.4 Å². The van der Waals surface area contributed by atoms with Crippen molar-refractivity contribution in [2.24, 2.45) is 0 Å². The second kappa shape index (κ2) is 5.93. The zero-order chi connectivity index (χ0) is 15.5. The van der Waals surface area contributed by atoms with Gasteiger partial charge in [-0.1, -0.05) is 13.0 Å². The highest BCUT2D eigenvalue weighted by molar-refractivity contribution is 5.93. The Balaban J connectivity index is 1.80. The van der Waals surface area contributed by atoms with Crippen LogP contribution in [-0.4, -0.2) is 25.5 Å². The van der Waals surface area contributed by atoms with Crippen molar-refractivity contribution in [1.29, 1.82) is 0 Å². The quantitative estimate of drug-likeness (QED) is 0.801. The van der Waals surface area contributed by atoms with Gasteiger partial charge in [-0.15, -0.1) is 0 Å². The molecule has 0 spiro atoms. The van der Waals surface area contributed by atoms with Crippen molar-refractivity contribution >= 4 is 11.6 Å². The summed E-state index contributed by atoms with van der Waals surface area (Å²) in [5.74, 6) is -0.222. The number of carbonyl (C=O) groups is 1. The summed E-state index contributed by atoms with van der Waals surface area (Å²) in [6.45, 7) is 4.00. The average molecular weight is 295 g/mol. The molecule has 0 unspecified atom stereocenters. The molecule has 3 heterocycles. The van der Waals surface area contributed by atoms with Crippen LogP contribution in [0.15, 0.2) is 42.9 Å². The van der Waals surface area contributed by atoms with Crippen molar-refractivity contribution < 1.29 is 4.79 Å². The fourth-order valence-electron chi connectivity index (χ4n) is 2.24. The van der Waals surface area contributed by atoms with Gasteiger partial charge in [-0.05, 0) is 31.0 Å². The van der Waals surface area contributed by atoms with Crippen LogP contribution in [0, 0.1) is 6.92 Å². The van der Waals surface area contributed by atoms with Crippen LogP contribution in [0.4, 0.5) is 0 Å². The standard InChI is InChI=1S/C16H17N5O/c1-3-12(13-6-5-11(2)10-18-13)19-16(22)14-9-15-17-7-4-8-21(15)20-14/h4-10,12H,3H2,1-2H3,(H,19,22)/t12-/m0/s1. The number of pyridine rings is 1. The van der Waals surface area contributed by atoms with Crippen LogP contribution in [0.2, 0.25) is 0 Å². The van der Waals surface area contributed by atoms with Crippen molar-refractivity contribution in [2.45, 2.75) is 26.3 Å². The smallest absolute Gasteiger partial charge is 0.272 e. The lowest BCUT2D eigenvalue weighted by Gasteiger charge is -2.15. The Morgan fingerprint density at radius 1 is 1.36 bits per heavy atom. The first-order chi connectivity index (χ1) is 10.7. The summed E-state index contributed by atoms with van der Waals surface area (Å²) in [5, 5.41) is 7.20. The first-order valence-electron chi connectivity index (χ1n) is 7.21. The summed E-state index contributed by atoms with van der Waals surface area (Å²) in [4.78, 5) is 20.9. The van der Waals surface area contributed by atoms with Crippen molar-refractivity contribution in [3.05, 3.63) is 59.8 Å². The van der Waals surface area contributed by atoms with Crippen molar-refractivity contribution in [3.63, 3.8) is 0 Å². The minimum absolute atomic E-state index is 0.133. The van der Waals surface area contributed by atoms with Crippen LogP contribution < -0.4 is 5.32 Å². The molecule has 1 N–H and O–H groups in total. The second-order valence-corrected chi connectivity index (χ2v) is 5.15. The van der Waals surface area contributed by atoms with E-state index in [1.807, 2.05) is 26.0 Å². The Labute approximate surface area is 128 Å². The molecule has 22 heavy (non-hydrogen) atoms. The lowest BCUT2D eigenvalue weighted by atomic mass is 10.1. The maximum atomic E-state index is 12.4. The predicted octanol–water partition coefficient (Wildman–Crippen LogP) is 2.31. The third-order valence-electron chi connectivity index (χ3n) is 3.47. The molecule has 0 radical (unpaired) electrons. The van der Waals surface area contributed by atoms with Gasteiger partial charge in [0.1, 0.15) is 0 Å². The molecule has 0 aliphatic carbocycles. The zero-order valence-electron chi connectivity index (χ0n) is 12.5. The minimum Gasteiger partial charge on any atom is -0.342 e. The first kappa shape index (κ1) is 14.2. The van der Waals surface area contributed by atoms with E-state index in [1.165, 1.54) is 0 Å². The lowest BCUT2D eigenvalue weighted by Crippen LogP contribution is -2.29. The van der Waals surface area contributed by atoms with Gasteiger partial charge in [0.15, 0.2) is 11.3 Å². The number of hydrogen-bond acceptors (Lipinski definition) is 4. The molecule has 6 nitrogen and oxygen atoms in total. The molecule has 0 aliphatic heterocycles. The molecule has 0 bridgehead atoms. The van der Waals surface area contributed by atoms with Crippen LogP contribution in [0.25, 0.3) is 5.65 Å². The highest BCUT2D eigenvalue weighted by Gasteiger charge is 2.17. The number of aromatic nitrogens is 4. The van der Waals surface area contributed by atoms with Gasteiger partial charge in [0.05, 0.1) is 11.7 Å². The Morgan fingerprint density at radius 3 is 2.91 bits per heavy atom. The van der Waals surface area contributed by atoms with Crippen LogP contribution in [0.3, 0.4) is 0 Å². The molecule has 3 rings (SSSR count). The molecule has 1 atom stereocenters. The molecular weight excluding hydrogens is 278 g/mol. The van der Waals surface area contributed by atoms with E-state index in [0.29, 0.717) is 11.3 Å². The summed E-state index contributed by atoms with van der Waals surface area (Å²) >= 11 is 0. The van der Waals surface area contributed by atoms with Crippen molar-refractivity contribution in [2.75, 3.05) is 0 Å². The van der Waals surface area contributed by atoms with Gasteiger partial charge in [-0.2, -0.15) is 5.10 Å². The van der Waals surface area contributed by atoms with Crippen molar-refractivity contribution in [3.8, 4) is 0 Å². The summed E-state index contributed by atoms with van der Waals surface area (Å²) < 4.78 is 1.58. The van der Waals surface area contributed by atoms with Gasteiger partial charge in [0.2, 0.25) is 0 Å². The van der Waals surface area contributed by atoms with Gasteiger partial charge < -0.3 is 5.32 Å². The average Bonchev–Trinajstić information content (AvgIpc) is 2.97. The maximum Gasteiger partial charge on any atom is 0.272 e. The summed E-state index contributed by atoms with van der Waals surface area (Å²) in [5.41, 5.74) is 2.94. The highest BCUT2D eigenvalue weighted by atomic mass is 16.2. The molecule has 0 saturated heterocycles. The van der Waals surface area contributed by atoms with E-state index >= 15 is 0 Å². The molecule has 3 aromatic heterocycles. The SMILES string of the molecule is CC[C@H](NC(=O)c1cc2ncccn2n1)c1ccc(C)cn1. The maximum absolute atomic E-state index is 12.4. The molecule has 0 fully saturated rings. The Hall–Kier alpha value is -2.76. The van der Waals surface area contributed by atoms with E-state index in [4.69, 9.17) is 0 Å². The van der Waals surface area contributed by atoms with Crippen LogP contribution >= 0.6 is 0 Å². The summed E-state index contributed by atoms with van der Waals surface area (Å²) in [7, 11) is 0. The predicted molar refractivity (Wildman–Crippen MR) is 82.5 cm³/mol. The number of carbonyl (C=O) groups excluding carboxylic acids is 1. The number of hydrogen-bond donors (Lipinski definition) is 1. The summed E-state index contributed by atoms with van der Waals surface area (Å²) in [6.07, 6.45) is 5.99. The third-order valence-corrected chi connectivity index (χ3v) is 3.47. The van der Waals surface area contributed by atoms with E-state index in [1.54, 1.807) is 35.2 Å². The first-order valence-corrected chi connectivity index (χ1v) is 7.21. The molecule has 0 aliphatic rings. The summed E-state index contributed by atoms with van der Waals surface area (Å²) in [6, 6.07) is 7.24. The molecule has 3 aromatic rings. The zero-order valence-corrected chi connectivity index (χ0v) is 12.5. The number of amides is 1. The van der Waals surface area contributed by atoms with Gasteiger partial charge in [0, 0.05) is 24.7 Å². The van der Waals surface area contributed by atoms with Gasteiger partial charge in [-0.25, -0.2) is 9.50 Å². The van der Waals surface area contributed by atoms with Gasteiger partial charge in [-0.3, -0.25) is 9.78 Å². The topological polar surface area (TPSA) is 72.2 Å². The number of aryl methyl sites for hydroxylation is 1. The van der Waals surface area contributed by atoms with Crippen LogP contribution in [-0.2, 0) is 0 Å². The van der Waals surface area contributed by atoms with Crippen LogP contribution in [0.1, 0.15) is 41.1 Å². The van der Waals surface area contributed by atoms with E-state index in [9.17, 15) is 4.79 Å². The Morgan fingerprint density at radius 2 is 2.23 bits per heavy atom. The molecule has 1 amide bonds. The fraction of sp³-hybridized carbons (Fsp3) is 0.250. The highest BCUT2D eigenvalue weighted by Crippen LogP contribution is 2.15. The monoisotopic (exact) mass is 295 g/mol. The molecule has 112 valence electrons. The molecular formula is C16H17N5O. The number of rotatable bonds is 4. The van der Waals surface area contributed by atoms with Gasteiger partial charge in [0.25, 0.3) is 5.91 Å².